The Hall–Kier alpha value is -2.96. The Labute approximate surface area is 189 Å². The number of nitrogens with zero attached hydrogens (tertiary/aromatic N) is 4. The van der Waals surface area contributed by atoms with Gasteiger partial charge in [-0.05, 0) is 63.3 Å². The Balaban J connectivity index is 1.85. The molecule has 0 saturated carbocycles. The number of hydrogen-bond donors (Lipinski definition) is 0. The van der Waals surface area contributed by atoms with Crippen molar-refractivity contribution < 1.29 is 18.0 Å². The van der Waals surface area contributed by atoms with Gasteiger partial charge in [0, 0.05) is 24.5 Å². The molecule has 2 fully saturated rings. The molecule has 0 aliphatic carbocycles. The summed E-state index contributed by atoms with van der Waals surface area (Å²) in [4.78, 5) is 21.9. The Morgan fingerprint density at radius 2 is 1.66 bits per heavy atom. The number of likely N-dealkylation sites (tertiary alicyclic amines) is 1. The predicted molar refractivity (Wildman–Crippen MR) is 121 cm³/mol. The Bertz CT molecular complexity index is 1120. The van der Waals surface area contributed by atoms with E-state index in [0.29, 0.717) is 25.9 Å². The number of halogens is 3. The van der Waals surface area contributed by atoms with Crippen LogP contribution in [-0.2, 0) is 11.0 Å². The lowest BCUT2D eigenvalue weighted by Crippen LogP contribution is -2.56. The Morgan fingerprint density at radius 1 is 1.06 bits per heavy atom. The van der Waals surface area contributed by atoms with E-state index < -0.39 is 23.0 Å². The zero-order chi connectivity index (χ0) is 23.3. The van der Waals surface area contributed by atoms with Crippen molar-refractivity contribution in [2.75, 3.05) is 29.9 Å². The topological polar surface area (TPSA) is 31.2 Å². The van der Waals surface area contributed by atoms with Crippen LogP contribution in [0, 0.1) is 13.5 Å². The molecule has 0 aromatic heterocycles. The van der Waals surface area contributed by atoms with Gasteiger partial charge in [0.15, 0.2) is 10.8 Å². The fraction of sp³-hybridized carbons (Fsp3) is 0.348. The molecule has 1 amide bonds. The molecule has 4 rings (SSSR count). The van der Waals surface area contributed by atoms with E-state index in [2.05, 4.69) is 9.74 Å². The lowest BCUT2D eigenvalue weighted by Gasteiger charge is -2.41. The zero-order valence-corrected chi connectivity index (χ0v) is 18.4. The minimum Gasteiger partial charge on any atom is -0.306 e. The van der Waals surface area contributed by atoms with Gasteiger partial charge in [-0.1, -0.05) is 23.8 Å². The SMILES string of the molecule is [C-]#[N+]c1ccc(N2C(=O)C3(CCN(C)CC3)N(c3ccc(C)cc3)C2=S)cc1C(F)(F)F. The molecule has 2 saturated heterocycles. The van der Waals surface area contributed by atoms with Gasteiger partial charge >= 0.3 is 6.18 Å². The number of amides is 1. The fourth-order valence-corrected chi connectivity index (χ4v) is 4.83. The molecule has 2 aliphatic heterocycles. The summed E-state index contributed by atoms with van der Waals surface area (Å²) in [5.41, 5.74) is -0.753. The van der Waals surface area contributed by atoms with Crippen molar-refractivity contribution >= 4 is 40.3 Å². The second-order valence-electron chi connectivity index (χ2n) is 8.24. The first-order valence-corrected chi connectivity index (χ1v) is 10.5. The van der Waals surface area contributed by atoms with E-state index in [0.717, 1.165) is 23.4 Å². The van der Waals surface area contributed by atoms with E-state index >= 15 is 0 Å². The standard InChI is InChI=1S/C23H21F3N4OS/c1-15-4-6-16(7-5-15)30-21(32)29(20(31)22(30)10-12-28(3)13-11-22)17-8-9-19(27-2)18(14-17)23(24,25)26/h4-9,14H,10-13H2,1,3H3. The number of thiocarbonyl (C=S) groups is 1. The lowest BCUT2D eigenvalue weighted by molar-refractivity contribution is -0.136. The molecule has 0 atom stereocenters. The zero-order valence-electron chi connectivity index (χ0n) is 17.6. The minimum atomic E-state index is -4.72. The molecular formula is C23H21F3N4OS. The van der Waals surface area contributed by atoms with E-state index in [1.165, 1.54) is 11.0 Å². The Morgan fingerprint density at radius 3 is 2.22 bits per heavy atom. The maximum atomic E-state index is 13.8. The molecule has 2 aromatic rings. The third-order valence-corrected chi connectivity index (χ3v) is 6.55. The highest BCUT2D eigenvalue weighted by Crippen LogP contribution is 2.44. The molecule has 0 unspecified atom stereocenters. The first-order chi connectivity index (χ1) is 15.1. The van der Waals surface area contributed by atoms with Crippen LogP contribution in [0.4, 0.5) is 30.2 Å². The average Bonchev–Trinajstić information content (AvgIpc) is 2.96. The second kappa shape index (κ2) is 7.87. The second-order valence-corrected chi connectivity index (χ2v) is 8.61. The van der Waals surface area contributed by atoms with Crippen LogP contribution in [-0.4, -0.2) is 41.6 Å². The largest absolute Gasteiger partial charge is 0.407 e. The van der Waals surface area contributed by atoms with Gasteiger partial charge in [0.25, 0.3) is 5.91 Å². The number of piperidine rings is 1. The van der Waals surface area contributed by atoms with Crippen molar-refractivity contribution in [3.63, 3.8) is 0 Å². The molecular weight excluding hydrogens is 437 g/mol. The first kappa shape index (κ1) is 22.2. The van der Waals surface area contributed by atoms with Gasteiger partial charge in [0.2, 0.25) is 0 Å². The summed E-state index contributed by atoms with van der Waals surface area (Å²) in [6, 6.07) is 10.9. The van der Waals surface area contributed by atoms with Crippen molar-refractivity contribution in [3.05, 3.63) is 65.0 Å². The van der Waals surface area contributed by atoms with E-state index in [9.17, 15) is 18.0 Å². The summed E-state index contributed by atoms with van der Waals surface area (Å²) in [7, 11) is 1.97. The highest BCUT2D eigenvalue weighted by atomic mass is 32.1. The quantitative estimate of drug-likeness (QED) is 0.459. The van der Waals surface area contributed by atoms with Gasteiger partial charge in [-0.2, -0.15) is 13.2 Å². The number of anilines is 2. The molecule has 32 heavy (non-hydrogen) atoms. The van der Waals surface area contributed by atoms with Crippen LogP contribution in [0.25, 0.3) is 4.85 Å². The summed E-state index contributed by atoms with van der Waals surface area (Å²) in [6.45, 7) is 10.3. The molecule has 0 radical (unpaired) electrons. The normalized spacial score (nSPS) is 19.0. The van der Waals surface area contributed by atoms with E-state index in [4.69, 9.17) is 18.8 Å². The lowest BCUT2D eigenvalue weighted by atomic mass is 9.85. The molecule has 0 N–H and O–H groups in total. The molecule has 0 bridgehead atoms. The number of hydrogen-bond acceptors (Lipinski definition) is 3. The van der Waals surface area contributed by atoms with Crippen LogP contribution >= 0.6 is 12.2 Å². The molecule has 166 valence electrons. The maximum Gasteiger partial charge on any atom is 0.407 e. The van der Waals surface area contributed by atoms with Crippen molar-refractivity contribution in [1.29, 1.82) is 0 Å². The number of aryl methyl sites for hydroxylation is 1. The Kier molecular flexibility index (Phi) is 5.47. The third-order valence-electron chi connectivity index (χ3n) is 6.18. The molecule has 2 aromatic carbocycles. The monoisotopic (exact) mass is 458 g/mol. The maximum absolute atomic E-state index is 13.8. The van der Waals surface area contributed by atoms with Gasteiger partial charge in [0.05, 0.1) is 12.1 Å². The average molecular weight is 459 g/mol. The van der Waals surface area contributed by atoms with Crippen LogP contribution in [0.2, 0.25) is 0 Å². The smallest absolute Gasteiger partial charge is 0.306 e. The van der Waals surface area contributed by atoms with Crippen LogP contribution in [0.15, 0.2) is 42.5 Å². The van der Waals surface area contributed by atoms with Crippen LogP contribution in [0.1, 0.15) is 24.0 Å². The highest BCUT2D eigenvalue weighted by molar-refractivity contribution is 7.81. The van der Waals surface area contributed by atoms with Crippen LogP contribution in [0.5, 0.6) is 0 Å². The number of rotatable bonds is 2. The summed E-state index contributed by atoms with van der Waals surface area (Å²) in [5.74, 6) is -0.333. The molecule has 2 aliphatic rings. The van der Waals surface area contributed by atoms with E-state index in [-0.39, 0.29) is 16.7 Å². The molecule has 5 nitrogen and oxygen atoms in total. The molecule has 2 heterocycles. The van der Waals surface area contributed by atoms with Crippen molar-refractivity contribution in [1.82, 2.24) is 4.90 Å². The summed E-state index contributed by atoms with van der Waals surface area (Å²) in [6.07, 6.45) is -3.72. The molecule has 9 heteroatoms. The fourth-order valence-electron chi connectivity index (χ4n) is 4.37. The number of carbonyl (C=O) groups excluding carboxylic acids is 1. The van der Waals surface area contributed by atoms with Crippen molar-refractivity contribution in [2.24, 2.45) is 0 Å². The summed E-state index contributed by atoms with van der Waals surface area (Å²) in [5, 5.41) is 0.145. The first-order valence-electron chi connectivity index (χ1n) is 10.1. The van der Waals surface area contributed by atoms with Gasteiger partial charge in [-0.25, -0.2) is 4.85 Å². The summed E-state index contributed by atoms with van der Waals surface area (Å²) >= 11 is 5.69. The van der Waals surface area contributed by atoms with Gasteiger partial charge in [0.1, 0.15) is 5.54 Å². The van der Waals surface area contributed by atoms with Gasteiger partial charge in [-0.3, -0.25) is 9.69 Å². The van der Waals surface area contributed by atoms with Gasteiger partial charge < -0.3 is 9.80 Å². The number of alkyl halides is 3. The van der Waals surface area contributed by atoms with E-state index in [1.54, 1.807) is 4.90 Å². The van der Waals surface area contributed by atoms with Crippen molar-refractivity contribution in [2.45, 2.75) is 31.5 Å². The third kappa shape index (κ3) is 3.53. The predicted octanol–water partition coefficient (Wildman–Crippen LogP) is 5.17. The molecule has 1 spiro atoms. The number of benzene rings is 2. The minimum absolute atomic E-state index is 0.0210. The number of carbonyl (C=O) groups is 1. The van der Waals surface area contributed by atoms with Gasteiger partial charge in [-0.15, -0.1) is 0 Å². The van der Waals surface area contributed by atoms with Crippen LogP contribution in [0.3, 0.4) is 0 Å². The van der Waals surface area contributed by atoms with E-state index in [1.807, 2.05) is 38.2 Å². The van der Waals surface area contributed by atoms with Crippen LogP contribution < -0.4 is 9.80 Å². The summed E-state index contributed by atoms with van der Waals surface area (Å²) < 4.78 is 40.7. The van der Waals surface area contributed by atoms with Crippen molar-refractivity contribution in [3.8, 4) is 0 Å². The highest BCUT2D eigenvalue weighted by Gasteiger charge is 2.57.